The second-order valence-electron chi connectivity index (χ2n) is 7.28. The zero-order valence-corrected chi connectivity index (χ0v) is 15.0. The van der Waals surface area contributed by atoms with E-state index in [4.69, 9.17) is 11.6 Å². The monoisotopic (exact) mass is 359 g/mol. The van der Waals surface area contributed by atoms with Crippen LogP contribution in [-0.4, -0.2) is 40.5 Å². The molecule has 0 unspecified atom stereocenters. The molecular weight excluding hydrogens is 337 g/mol. The van der Waals surface area contributed by atoms with Crippen LogP contribution in [0.2, 0.25) is 5.02 Å². The van der Waals surface area contributed by atoms with Crippen molar-refractivity contribution in [2.24, 2.45) is 5.92 Å². The molecule has 3 nitrogen and oxygen atoms in total. The molecule has 5 rings (SSSR count). The number of piperidine rings is 1. The smallest absolute Gasteiger partial charge is 0.123 e. The van der Waals surface area contributed by atoms with Crippen LogP contribution in [0.15, 0.2) is 42.6 Å². The predicted molar refractivity (Wildman–Crippen MR) is 97.8 cm³/mol. The van der Waals surface area contributed by atoms with E-state index in [9.17, 15) is 4.39 Å². The average molecular weight is 360 g/mol. The van der Waals surface area contributed by atoms with Gasteiger partial charge in [-0.3, -0.25) is 14.8 Å². The molecule has 0 aliphatic carbocycles. The summed E-state index contributed by atoms with van der Waals surface area (Å²) < 4.78 is 13.6. The third-order valence-corrected chi connectivity index (χ3v) is 5.76. The van der Waals surface area contributed by atoms with Crippen molar-refractivity contribution < 1.29 is 4.39 Å². The van der Waals surface area contributed by atoms with Crippen LogP contribution in [0.25, 0.3) is 0 Å². The molecule has 3 aliphatic heterocycles. The van der Waals surface area contributed by atoms with Gasteiger partial charge in [0.25, 0.3) is 0 Å². The highest BCUT2D eigenvalue weighted by atomic mass is 35.5. The average Bonchev–Trinajstić information content (AvgIpc) is 2.89. The van der Waals surface area contributed by atoms with Gasteiger partial charge in [-0.2, -0.15) is 0 Å². The summed E-state index contributed by atoms with van der Waals surface area (Å²) in [7, 11) is 0. The Hall–Kier alpha value is -1.49. The molecule has 132 valence electrons. The first-order valence-electron chi connectivity index (χ1n) is 8.97. The van der Waals surface area contributed by atoms with Crippen molar-refractivity contribution in [1.82, 2.24) is 14.8 Å². The summed E-state index contributed by atoms with van der Waals surface area (Å²) in [6.45, 7) is 4.86. The van der Waals surface area contributed by atoms with Crippen molar-refractivity contribution >= 4 is 11.6 Å². The van der Waals surface area contributed by atoms with Crippen LogP contribution in [0, 0.1) is 11.7 Å². The molecule has 5 heteroatoms. The molecule has 4 heterocycles. The Morgan fingerprint density at radius 1 is 1.08 bits per heavy atom. The van der Waals surface area contributed by atoms with E-state index in [1.165, 1.54) is 18.9 Å². The lowest BCUT2D eigenvalue weighted by Gasteiger charge is -2.36. The normalized spacial score (nSPS) is 24.4. The fourth-order valence-corrected chi connectivity index (χ4v) is 4.38. The van der Waals surface area contributed by atoms with Crippen molar-refractivity contribution in [2.45, 2.75) is 32.0 Å². The van der Waals surface area contributed by atoms with Gasteiger partial charge in [0.05, 0.1) is 5.69 Å². The minimum absolute atomic E-state index is 0.212. The van der Waals surface area contributed by atoms with Crippen LogP contribution in [0.5, 0.6) is 0 Å². The molecule has 2 bridgehead atoms. The number of hydrogen-bond acceptors (Lipinski definition) is 3. The van der Waals surface area contributed by atoms with Gasteiger partial charge in [-0.1, -0.05) is 17.7 Å². The Kier molecular flexibility index (Phi) is 5.02. The Morgan fingerprint density at radius 2 is 2.00 bits per heavy atom. The molecule has 25 heavy (non-hydrogen) atoms. The summed E-state index contributed by atoms with van der Waals surface area (Å²) in [6, 6.07) is 11.3. The van der Waals surface area contributed by atoms with E-state index in [-0.39, 0.29) is 5.82 Å². The van der Waals surface area contributed by atoms with Crippen molar-refractivity contribution in [1.29, 1.82) is 0 Å². The standard InChI is InChI=1S/C20H23ClFN3/c21-20-7-5-17(22)9-16(20)12-25-11-15-4-6-19(25)14-24(10-15)13-18-3-1-2-8-23-18/h1-3,5,7-9,15,19H,4,6,10-14H2/t15-,19+/m0/s1. The fourth-order valence-electron chi connectivity index (χ4n) is 4.20. The number of benzene rings is 1. The van der Waals surface area contributed by atoms with Crippen LogP contribution in [0.4, 0.5) is 4.39 Å². The third-order valence-electron chi connectivity index (χ3n) is 5.40. The van der Waals surface area contributed by atoms with E-state index >= 15 is 0 Å². The molecule has 1 aromatic carbocycles. The van der Waals surface area contributed by atoms with E-state index in [0.29, 0.717) is 17.0 Å². The van der Waals surface area contributed by atoms with Gasteiger partial charge in [-0.25, -0.2) is 4.39 Å². The van der Waals surface area contributed by atoms with Crippen molar-refractivity contribution in [2.75, 3.05) is 19.6 Å². The van der Waals surface area contributed by atoms with Gasteiger partial charge in [0.2, 0.25) is 0 Å². The summed E-state index contributed by atoms with van der Waals surface area (Å²) >= 11 is 6.28. The number of halogens is 2. The molecule has 2 aromatic rings. The summed E-state index contributed by atoms with van der Waals surface area (Å²) in [5.74, 6) is 0.450. The summed E-state index contributed by atoms with van der Waals surface area (Å²) in [5.41, 5.74) is 2.02. The second kappa shape index (κ2) is 7.40. The SMILES string of the molecule is Fc1ccc(Cl)c(CN2C[C@H]3CC[C@@H]2CN(Cc2ccccn2)C3)c1. The lowest BCUT2D eigenvalue weighted by Crippen LogP contribution is -2.43. The van der Waals surface area contributed by atoms with Gasteiger partial charge in [0.15, 0.2) is 0 Å². The van der Waals surface area contributed by atoms with Crippen LogP contribution < -0.4 is 0 Å². The molecule has 0 radical (unpaired) electrons. The highest BCUT2D eigenvalue weighted by Crippen LogP contribution is 2.31. The molecule has 0 N–H and O–H groups in total. The fraction of sp³-hybridized carbons (Fsp3) is 0.450. The van der Waals surface area contributed by atoms with E-state index in [2.05, 4.69) is 20.9 Å². The molecule has 1 aromatic heterocycles. The maximum Gasteiger partial charge on any atom is 0.123 e. The van der Waals surface area contributed by atoms with E-state index in [1.807, 2.05) is 18.3 Å². The Balaban J connectivity index is 1.47. The Bertz CT molecular complexity index is 724. The van der Waals surface area contributed by atoms with Crippen LogP contribution in [-0.2, 0) is 13.1 Å². The Morgan fingerprint density at radius 3 is 2.84 bits per heavy atom. The minimum atomic E-state index is -0.212. The third kappa shape index (κ3) is 4.02. The number of rotatable bonds is 4. The van der Waals surface area contributed by atoms with Gasteiger partial charge in [0.1, 0.15) is 5.82 Å². The lowest BCUT2D eigenvalue weighted by atomic mass is 9.94. The first kappa shape index (κ1) is 17.0. The first-order valence-corrected chi connectivity index (χ1v) is 9.35. The summed E-state index contributed by atoms with van der Waals surface area (Å²) in [5, 5.41) is 0.659. The summed E-state index contributed by atoms with van der Waals surface area (Å²) in [6.07, 6.45) is 4.34. The zero-order valence-electron chi connectivity index (χ0n) is 14.2. The Labute approximate surface area is 153 Å². The molecule has 3 saturated heterocycles. The molecule has 0 amide bonds. The van der Waals surface area contributed by atoms with E-state index < -0.39 is 0 Å². The molecule has 0 saturated carbocycles. The van der Waals surface area contributed by atoms with Crippen molar-refractivity contribution in [3.63, 3.8) is 0 Å². The maximum absolute atomic E-state index is 13.6. The largest absolute Gasteiger partial charge is 0.296 e. The second-order valence-corrected chi connectivity index (χ2v) is 7.68. The van der Waals surface area contributed by atoms with E-state index in [0.717, 1.165) is 44.0 Å². The molecule has 3 fully saturated rings. The molecular formula is C20H23ClFN3. The number of fused-ring (bicyclic) bond motifs is 4. The minimum Gasteiger partial charge on any atom is -0.296 e. The quantitative estimate of drug-likeness (QED) is 0.823. The van der Waals surface area contributed by atoms with Gasteiger partial charge in [-0.05, 0) is 54.7 Å². The molecule has 2 atom stereocenters. The predicted octanol–water partition coefficient (Wildman–Crippen LogP) is 3.97. The van der Waals surface area contributed by atoms with Crippen LogP contribution in [0.1, 0.15) is 24.1 Å². The first-order chi connectivity index (χ1) is 12.2. The topological polar surface area (TPSA) is 19.4 Å². The lowest BCUT2D eigenvalue weighted by molar-refractivity contribution is 0.123. The highest BCUT2D eigenvalue weighted by molar-refractivity contribution is 6.31. The van der Waals surface area contributed by atoms with Crippen molar-refractivity contribution in [3.05, 3.63) is 64.7 Å². The van der Waals surface area contributed by atoms with Crippen LogP contribution in [0.3, 0.4) is 0 Å². The number of aromatic nitrogens is 1. The van der Waals surface area contributed by atoms with E-state index in [1.54, 1.807) is 12.1 Å². The summed E-state index contributed by atoms with van der Waals surface area (Å²) in [4.78, 5) is 9.49. The number of nitrogens with zero attached hydrogens (tertiary/aromatic N) is 3. The van der Waals surface area contributed by atoms with Crippen LogP contribution >= 0.6 is 11.6 Å². The van der Waals surface area contributed by atoms with Crippen molar-refractivity contribution in [3.8, 4) is 0 Å². The van der Waals surface area contributed by atoms with Gasteiger partial charge in [-0.15, -0.1) is 0 Å². The van der Waals surface area contributed by atoms with Gasteiger partial charge < -0.3 is 0 Å². The molecule has 3 aliphatic rings. The van der Waals surface area contributed by atoms with Gasteiger partial charge in [0, 0.05) is 50.0 Å². The maximum atomic E-state index is 13.6. The number of pyridine rings is 1. The number of hydrogen-bond donors (Lipinski definition) is 0. The molecule has 0 spiro atoms. The van der Waals surface area contributed by atoms with Gasteiger partial charge >= 0.3 is 0 Å². The zero-order chi connectivity index (χ0) is 17.2. The highest BCUT2D eigenvalue weighted by Gasteiger charge is 2.34.